The Morgan fingerprint density at radius 3 is 1.08 bits per heavy atom. The summed E-state index contributed by atoms with van der Waals surface area (Å²) in [4.78, 5) is 0. The average Bonchev–Trinajstić information content (AvgIpc) is 2.70. The molecule has 0 spiro atoms. The van der Waals surface area contributed by atoms with Crippen molar-refractivity contribution >= 4 is 0 Å². The normalized spacial score (nSPS) is 56.3. The molecule has 10 atom stereocenters. The van der Waals surface area contributed by atoms with Crippen LogP contribution in [0.3, 0.4) is 0 Å². The van der Waals surface area contributed by atoms with Crippen LogP contribution < -0.4 is 0 Å². The molecule has 0 aliphatic heterocycles. The minimum Gasteiger partial charge on any atom is -0.0530 e. The Morgan fingerprint density at radius 2 is 0.654 bits per heavy atom. The molecule has 0 bridgehead atoms. The predicted molar refractivity (Wildman–Crippen MR) is 109 cm³/mol. The molecule has 2 unspecified atom stereocenters. The van der Waals surface area contributed by atoms with Gasteiger partial charge in [0.05, 0.1) is 0 Å². The lowest BCUT2D eigenvalue weighted by Gasteiger charge is -2.58. The Bertz CT molecular complexity index is 462. The SMILES string of the molecule is C1CC[C@H]2C[C@H]3CCC4[C@@H](CC[C@@H]5C[C@@H]6CCCC[C@@H]6C[C@H]45)C3C[C@H]2C1. The fourth-order valence-corrected chi connectivity index (χ4v) is 10.0. The zero-order valence-electron chi connectivity index (χ0n) is 17.1. The molecule has 26 heavy (non-hydrogen) atoms. The van der Waals surface area contributed by atoms with Crippen LogP contribution in [0.5, 0.6) is 0 Å². The van der Waals surface area contributed by atoms with E-state index in [1.807, 2.05) is 0 Å². The van der Waals surface area contributed by atoms with Gasteiger partial charge in [-0.25, -0.2) is 0 Å². The first-order valence-corrected chi connectivity index (χ1v) is 12.9. The van der Waals surface area contributed by atoms with Crippen molar-refractivity contribution in [1.82, 2.24) is 0 Å². The Labute approximate surface area is 162 Å². The Morgan fingerprint density at radius 1 is 0.269 bits per heavy atom. The topological polar surface area (TPSA) is 0 Å². The molecule has 0 aromatic heterocycles. The lowest BCUT2D eigenvalue weighted by molar-refractivity contribution is -0.0854. The number of fused-ring (bicyclic) bond motifs is 7. The molecule has 0 heterocycles. The van der Waals surface area contributed by atoms with Gasteiger partial charge in [-0.2, -0.15) is 0 Å². The van der Waals surface area contributed by atoms with Crippen molar-refractivity contribution in [3.63, 3.8) is 0 Å². The van der Waals surface area contributed by atoms with Gasteiger partial charge in [0.2, 0.25) is 0 Å². The van der Waals surface area contributed by atoms with E-state index < -0.39 is 0 Å². The van der Waals surface area contributed by atoms with E-state index in [-0.39, 0.29) is 0 Å². The highest BCUT2D eigenvalue weighted by atomic mass is 14.6. The van der Waals surface area contributed by atoms with Gasteiger partial charge in [0, 0.05) is 0 Å². The van der Waals surface area contributed by atoms with Crippen LogP contribution in [-0.2, 0) is 0 Å². The lowest BCUT2D eigenvalue weighted by atomic mass is 9.47. The molecule has 0 aromatic rings. The molecule has 0 amide bonds. The summed E-state index contributed by atoms with van der Waals surface area (Å²) in [6.45, 7) is 0. The van der Waals surface area contributed by atoms with Crippen molar-refractivity contribution in [2.45, 2.75) is 103 Å². The number of hydrogen-bond donors (Lipinski definition) is 0. The highest BCUT2D eigenvalue weighted by Gasteiger charge is 2.52. The zero-order chi connectivity index (χ0) is 17.1. The van der Waals surface area contributed by atoms with Gasteiger partial charge in [-0.15, -0.1) is 0 Å². The van der Waals surface area contributed by atoms with Gasteiger partial charge in [-0.3, -0.25) is 0 Å². The summed E-state index contributed by atoms with van der Waals surface area (Å²) in [7, 11) is 0. The van der Waals surface area contributed by atoms with E-state index in [0.717, 1.165) is 59.2 Å². The predicted octanol–water partition coefficient (Wildman–Crippen LogP) is 7.47. The lowest BCUT2D eigenvalue weighted by Crippen LogP contribution is -2.50. The van der Waals surface area contributed by atoms with E-state index in [4.69, 9.17) is 0 Å². The Kier molecular flexibility index (Phi) is 4.43. The summed E-state index contributed by atoms with van der Waals surface area (Å²) in [5, 5.41) is 0. The highest BCUT2D eigenvalue weighted by molar-refractivity contribution is 5.02. The summed E-state index contributed by atoms with van der Waals surface area (Å²) >= 11 is 0. The zero-order valence-corrected chi connectivity index (χ0v) is 17.1. The maximum Gasteiger partial charge on any atom is -0.0352 e. The van der Waals surface area contributed by atoms with Crippen molar-refractivity contribution in [2.75, 3.05) is 0 Å². The van der Waals surface area contributed by atoms with Gasteiger partial charge in [-0.1, -0.05) is 51.4 Å². The monoisotopic (exact) mass is 354 g/mol. The number of hydrogen-bond acceptors (Lipinski definition) is 0. The van der Waals surface area contributed by atoms with Gasteiger partial charge in [0.15, 0.2) is 0 Å². The van der Waals surface area contributed by atoms with E-state index in [2.05, 4.69) is 0 Å². The highest BCUT2D eigenvalue weighted by Crippen LogP contribution is 2.61. The van der Waals surface area contributed by atoms with Crippen LogP contribution in [0.25, 0.3) is 0 Å². The maximum atomic E-state index is 1.67. The van der Waals surface area contributed by atoms with E-state index in [9.17, 15) is 0 Å². The van der Waals surface area contributed by atoms with Crippen LogP contribution in [-0.4, -0.2) is 0 Å². The van der Waals surface area contributed by atoms with Crippen LogP contribution in [0.15, 0.2) is 0 Å². The molecule has 6 rings (SSSR count). The van der Waals surface area contributed by atoms with E-state index in [1.54, 1.807) is 103 Å². The van der Waals surface area contributed by atoms with E-state index in [0.29, 0.717) is 0 Å². The quantitative estimate of drug-likeness (QED) is 0.423. The molecule has 6 fully saturated rings. The molecule has 0 N–H and O–H groups in total. The first kappa shape index (κ1) is 16.9. The van der Waals surface area contributed by atoms with Gasteiger partial charge in [0.1, 0.15) is 0 Å². The molecule has 0 heteroatoms. The third kappa shape index (κ3) is 2.75. The minimum atomic E-state index is 1.15. The van der Waals surface area contributed by atoms with Crippen LogP contribution in [0.1, 0.15) is 103 Å². The molecule has 0 radical (unpaired) electrons. The molecule has 6 saturated carbocycles. The summed E-state index contributed by atoms with van der Waals surface area (Å²) in [5.74, 6) is 11.6. The van der Waals surface area contributed by atoms with Crippen molar-refractivity contribution in [1.29, 1.82) is 0 Å². The van der Waals surface area contributed by atoms with Gasteiger partial charge in [-0.05, 0) is 111 Å². The van der Waals surface area contributed by atoms with E-state index >= 15 is 0 Å². The van der Waals surface area contributed by atoms with Gasteiger partial charge in [0.25, 0.3) is 0 Å². The maximum absolute atomic E-state index is 1.67. The Hall–Kier alpha value is 0. The molecule has 0 nitrogen and oxygen atoms in total. The second-order valence-corrected chi connectivity index (χ2v) is 11.9. The minimum absolute atomic E-state index is 1.15. The molecule has 146 valence electrons. The third-order valence-corrected chi connectivity index (χ3v) is 11.1. The summed E-state index contributed by atoms with van der Waals surface area (Å²) in [6, 6.07) is 0. The molecule has 6 aliphatic carbocycles. The molecule has 0 aromatic carbocycles. The summed E-state index contributed by atoms with van der Waals surface area (Å²) < 4.78 is 0. The Balaban J connectivity index is 1.20. The van der Waals surface area contributed by atoms with Gasteiger partial charge < -0.3 is 0 Å². The van der Waals surface area contributed by atoms with E-state index in [1.165, 1.54) is 0 Å². The number of rotatable bonds is 0. The summed E-state index contributed by atoms with van der Waals surface area (Å²) in [6.07, 6.45) is 25.8. The van der Waals surface area contributed by atoms with Crippen LogP contribution in [0.4, 0.5) is 0 Å². The first-order chi connectivity index (χ1) is 12.9. The van der Waals surface area contributed by atoms with Crippen LogP contribution in [0, 0.1) is 59.2 Å². The second-order valence-electron chi connectivity index (χ2n) is 11.9. The van der Waals surface area contributed by atoms with Crippen LogP contribution >= 0.6 is 0 Å². The van der Waals surface area contributed by atoms with Crippen molar-refractivity contribution in [3.8, 4) is 0 Å². The molecule has 6 aliphatic rings. The largest absolute Gasteiger partial charge is 0.0530 e. The molecular weight excluding hydrogens is 312 g/mol. The van der Waals surface area contributed by atoms with Crippen LogP contribution in [0.2, 0.25) is 0 Å². The average molecular weight is 355 g/mol. The molecule has 0 saturated heterocycles. The third-order valence-electron chi connectivity index (χ3n) is 11.1. The first-order valence-electron chi connectivity index (χ1n) is 12.9. The standard InChI is InChI=1S/C26H42/c1-3-7-19-15-25-21(13-17(19)5-1)9-11-24-23(25)12-10-22-14-18-6-2-4-8-20(18)16-26(22)24/h17-26H,1-16H2/t17-,18-,19+,20+,21+,22+,23+,24?,25?,26-/m0/s1. The second kappa shape index (κ2) is 6.81. The fourth-order valence-electron chi connectivity index (χ4n) is 10.0. The fraction of sp³-hybridized carbons (Fsp3) is 1.00. The van der Waals surface area contributed by atoms with Crippen molar-refractivity contribution in [2.24, 2.45) is 59.2 Å². The molecular formula is C26H42. The van der Waals surface area contributed by atoms with Gasteiger partial charge >= 0.3 is 0 Å². The van der Waals surface area contributed by atoms with Crippen molar-refractivity contribution < 1.29 is 0 Å². The smallest absolute Gasteiger partial charge is 0.0352 e. The summed E-state index contributed by atoms with van der Waals surface area (Å²) in [5.41, 5.74) is 0. The van der Waals surface area contributed by atoms with Crippen molar-refractivity contribution in [3.05, 3.63) is 0 Å².